The Balaban J connectivity index is 0.00000560. The molecule has 40 heavy (non-hydrogen) atoms. The molecule has 0 aliphatic heterocycles. The van der Waals surface area contributed by atoms with E-state index in [1.807, 2.05) is 12.1 Å². The minimum atomic E-state index is -1.30. The van der Waals surface area contributed by atoms with Crippen LogP contribution >= 0.6 is 0 Å². The molecule has 3 rings (SSSR count). The van der Waals surface area contributed by atoms with Crippen molar-refractivity contribution in [1.82, 2.24) is 21.1 Å². The van der Waals surface area contributed by atoms with Crippen molar-refractivity contribution < 1.29 is 24.7 Å². The van der Waals surface area contributed by atoms with Crippen LogP contribution in [-0.4, -0.2) is 51.7 Å². The van der Waals surface area contributed by atoms with Crippen molar-refractivity contribution in [2.24, 2.45) is 0 Å². The number of nitrogens with zero attached hydrogens (tertiary/aromatic N) is 1. The zero-order valence-electron chi connectivity index (χ0n) is 21.1. The quantitative estimate of drug-likeness (QED) is 0.137. The van der Waals surface area contributed by atoms with Crippen LogP contribution in [0, 0.1) is 23.7 Å². The number of amides is 3. The number of rotatable bonds is 9. The van der Waals surface area contributed by atoms with E-state index in [4.69, 9.17) is 5.21 Å². The fraction of sp³-hybridized carbons (Fsp3) is 0.200. The molecule has 2 aromatic carbocycles. The molecule has 0 fully saturated rings. The first-order valence-corrected chi connectivity index (χ1v) is 11.9. The summed E-state index contributed by atoms with van der Waals surface area (Å²) >= 11 is 0. The van der Waals surface area contributed by atoms with Gasteiger partial charge in [-0.3, -0.25) is 24.6 Å². The number of aliphatic hydroxyl groups excluding tert-OH is 1. The van der Waals surface area contributed by atoms with Gasteiger partial charge in [0.05, 0.1) is 12.6 Å². The topological polar surface area (TPSA) is 153 Å². The van der Waals surface area contributed by atoms with E-state index in [9.17, 15) is 19.5 Å². The number of hydrogen-bond donors (Lipinski definition) is 6. The second-order valence-electron chi connectivity index (χ2n) is 8.34. The summed E-state index contributed by atoms with van der Waals surface area (Å²) < 4.78 is 0. The number of nitrogens with one attached hydrogen (secondary N) is 4. The second-order valence-corrected chi connectivity index (χ2v) is 8.34. The van der Waals surface area contributed by atoms with Crippen LogP contribution < -0.4 is 21.4 Å². The van der Waals surface area contributed by atoms with Crippen LogP contribution in [-0.2, 0) is 16.1 Å². The molecule has 2 atom stereocenters. The van der Waals surface area contributed by atoms with Gasteiger partial charge in [0.2, 0.25) is 5.91 Å². The van der Waals surface area contributed by atoms with Gasteiger partial charge in [-0.25, -0.2) is 5.48 Å². The maximum atomic E-state index is 12.3. The molecule has 0 bridgehead atoms. The van der Waals surface area contributed by atoms with Gasteiger partial charge in [-0.2, -0.15) is 0 Å². The summed E-state index contributed by atoms with van der Waals surface area (Å²) in [6.45, 7) is 2.03. The van der Waals surface area contributed by atoms with Gasteiger partial charge in [-0.15, -0.1) is 0 Å². The van der Waals surface area contributed by atoms with E-state index in [2.05, 4.69) is 44.6 Å². The third kappa shape index (κ3) is 10.0. The minimum Gasteiger partial charge on any atom is -0.391 e. The molecule has 3 amide bonds. The fourth-order valence-corrected chi connectivity index (χ4v) is 3.28. The highest BCUT2D eigenvalue weighted by atomic mass is 16.5. The van der Waals surface area contributed by atoms with Crippen molar-refractivity contribution in [3.63, 3.8) is 0 Å². The fourth-order valence-electron chi connectivity index (χ4n) is 3.28. The predicted octanol–water partition coefficient (Wildman–Crippen LogP) is 1.83. The maximum Gasteiger partial charge on any atom is 0.268 e. The first-order valence-electron chi connectivity index (χ1n) is 11.9. The standard InChI is InChI=1S/C29H27N5O5.CH4/c1-20(35)27(29(38)34-39)33-28(37)24-12-8-21(9-13-24)5-2-3-6-22-10-14-25(15-11-22)32-26(36)19-31-18-23-7-4-16-30-17-23;/h4,7-17,20,27,31,35,39H,18-19H2,1H3,(H,32,36)(H,33,37)(H,34,38);1H4/t20-,27+;/m1./s1. The third-order valence-corrected chi connectivity index (χ3v) is 5.29. The molecule has 1 heterocycles. The summed E-state index contributed by atoms with van der Waals surface area (Å²) in [6.07, 6.45) is 2.24. The highest BCUT2D eigenvalue weighted by Crippen LogP contribution is 2.09. The summed E-state index contributed by atoms with van der Waals surface area (Å²) in [4.78, 5) is 40.0. The van der Waals surface area contributed by atoms with E-state index >= 15 is 0 Å². The molecule has 0 unspecified atom stereocenters. The number of aromatic nitrogens is 1. The lowest BCUT2D eigenvalue weighted by Gasteiger charge is -2.19. The van der Waals surface area contributed by atoms with Crippen LogP contribution in [0.3, 0.4) is 0 Å². The molecule has 0 spiro atoms. The number of anilines is 1. The summed E-state index contributed by atoms with van der Waals surface area (Å²) in [5.41, 5.74) is 4.65. The summed E-state index contributed by atoms with van der Waals surface area (Å²) in [7, 11) is 0. The van der Waals surface area contributed by atoms with E-state index < -0.39 is 24.0 Å². The van der Waals surface area contributed by atoms with Crippen molar-refractivity contribution >= 4 is 23.4 Å². The average molecular weight is 542 g/mol. The summed E-state index contributed by atoms with van der Waals surface area (Å²) in [6, 6.07) is 15.8. The molecular weight excluding hydrogens is 510 g/mol. The van der Waals surface area contributed by atoms with Gasteiger partial charge in [0.1, 0.15) is 6.04 Å². The molecule has 0 aliphatic rings. The first kappa shape index (κ1) is 31.2. The molecule has 3 aromatic rings. The molecule has 0 aliphatic carbocycles. The first-order chi connectivity index (χ1) is 18.9. The zero-order chi connectivity index (χ0) is 28.0. The van der Waals surface area contributed by atoms with E-state index in [-0.39, 0.29) is 25.4 Å². The van der Waals surface area contributed by atoms with Crippen LogP contribution in [0.2, 0.25) is 0 Å². The van der Waals surface area contributed by atoms with Gasteiger partial charge < -0.3 is 21.1 Å². The number of hydrogen-bond acceptors (Lipinski definition) is 7. The van der Waals surface area contributed by atoms with Crippen molar-refractivity contribution in [1.29, 1.82) is 0 Å². The Hall–Kier alpha value is -5.00. The van der Waals surface area contributed by atoms with Crippen molar-refractivity contribution in [3.8, 4) is 23.7 Å². The monoisotopic (exact) mass is 541 g/mol. The third-order valence-electron chi connectivity index (χ3n) is 5.29. The molecule has 10 nitrogen and oxygen atoms in total. The lowest BCUT2D eigenvalue weighted by Crippen LogP contribution is -2.51. The van der Waals surface area contributed by atoms with Gasteiger partial charge in [0.15, 0.2) is 0 Å². The van der Waals surface area contributed by atoms with Crippen molar-refractivity contribution in [2.75, 3.05) is 11.9 Å². The largest absolute Gasteiger partial charge is 0.391 e. The Morgan fingerprint density at radius 1 is 0.950 bits per heavy atom. The van der Waals surface area contributed by atoms with Gasteiger partial charge in [-0.05, 0) is 78.9 Å². The Bertz CT molecular complexity index is 1400. The van der Waals surface area contributed by atoms with Crippen LogP contribution in [0.15, 0.2) is 73.1 Å². The van der Waals surface area contributed by atoms with Gasteiger partial charge in [0.25, 0.3) is 11.8 Å². The zero-order valence-corrected chi connectivity index (χ0v) is 21.1. The average Bonchev–Trinajstić information content (AvgIpc) is 2.95. The lowest BCUT2D eigenvalue weighted by molar-refractivity contribution is -0.133. The number of aliphatic hydroxyl groups is 1. The number of hydroxylamine groups is 1. The number of carbonyl (C=O) groups is 3. The Morgan fingerprint density at radius 2 is 1.57 bits per heavy atom. The van der Waals surface area contributed by atoms with Crippen LogP contribution in [0.25, 0.3) is 0 Å². The highest BCUT2D eigenvalue weighted by molar-refractivity contribution is 5.97. The predicted molar refractivity (Wildman–Crippen MR) is 151 cm³/mol. The molecule has 1 aromatic heterocycles. The van der Waals surface area contributed by atoms with Crippen LogP contribution in [0.4, 0.5) is 5.69 Å². The number of pyridine rings is 1. The summed E-state index contributed by atoms with van der Waals surface area (Å²) in [5.74, 6) is 9.62. The van der Waals surface area contributed by atoms with Crippen molar-refractivity contribution in [3.05, 3.63) is 95.3 Å². The van der Waals surface area contributed by atoms with E-state index in [0.717, 1.165) is 11.1 Å². The SMILES string of the molecule is C.C[C@@H](O)[C@H](NC(=O)c1ccc(C#CC#Cc2ccc(NC(=O)CNCc3cccnc3)cc2)cc1)C(=O)NO. The van der Waals surface area contributed by atoms with Crippen LogP contribution in [0.5, 0.6) is 0 Å². The van der Waals surface area contributed by atoms with Gasteiger partial charge in [0, 0.05) is 41.3 Å². The van der Waals surface area contributed by atoms with Crippen molar-refractivity contribution in [2.45, 2.75) is 33.0 Å². The maximum absolute atomic E-state index is 12.3. The summed E-state index contributed by atoms with van der Waals surface area (Å²) in [5, 5.41) is 26.6. The van der Waals surface area contributed by atoms with Crippen LogP contribution in [0.1, 0.15) is 41.4 Å². The van der Waals surface area contributed by atoms with E-state index in [0.29, 0.717) is 17.8 Å². The lowest BCUT2D eigenvalue weighted by atomic mass is 10.1. The normalized spacial score (nSPS) is 11.2. The molecule has 6 N–H and O–H groups in total. The molecule has 0 radical (unpaired) electrons. The second kappa shape index (κ2) is 16.1. The smallest absolute Gasteiger partial charge is 0.268 e. The van der Waals surface area contributed by atoms with E-state index in [1.54, 1.807) is 48.8 Å². The molecular formula is C30H31N5O5. The van der Waals surface area contributed by atoms with Gasteiger partial charge >= 0.3 is 0 Å². The van der Waals surface area contributed by atoms with Gasteiger partial charge in [-0.1, -0.05) is 25.3 Å². The number of carbonyl (C=O) groups excluding carboxylic acids is 3. The Kier molecular flexibility index (Phi) is 12.5. The number of benzene rings is 2. The molecule has 206 valence electrons. The Labute approximate surface area is 233 Å². The molecule has 0 saturated heterocycles. The Morgan fingerprint density at radius 3 is 2.12 bits per heavy atom. The molecule has 0 saturated carbocycles. The molecule has 10 heteroatoms. The van der Waals surface area contributed by atoms with E-state index in [1.165, 1.54) is 24.5 Å². The minimum absolute atomic E-state index is 0. The highest BCUT2D eigenvalue weighted by Gasteiger charge is 2.25.